The van der Waals surface area contributed by atoms with Crippen molar-refractivity contribution in [1.29, 1.82) is 0 Å². The third kappa shape index (κ3) is 3.61. The fourth-order valence-corrected chi connectivity index (χ4v) is 1.56. The number of halogens is 3. The van der Waals surface area contributed by atoms with Crippen LogP contribution in [-0.2, 0) is 11.2 Å². The number of aliphatic carboxylic acids is 1. The molecular weight excluding hydrogens is 257 g/mol. The van der Waals surface area contributed by atoms with Crippen molar-refractivity contribution < 1.29 is 39.5 Å². The van der Waals surface area contributed by atoms with Gasteiger partial charge in [-0.25, -0.2) is 0 Å². The average Bonchev–Trinajstić information content (AvgIpc) is 2.05. The van der Waals surface area contributed by atoms with Crippen LogP contribution in [0.2, 0.25) is 15.1 Å². The molecule has 0 bridgehead atoms. The molecular formula is C8H4Cl3NaO2. The van der Waals surface area contributed by atoms with E-state index in [4.69, 9.17) is 34.8 Å². The standard InChI is InChI=1S/C8H5Cl3O2.Na/c9-5-1-2-6(10)8(11)4(5)3-7(12)13;/h1-2H,3H2,(H,12,13);/q;+1/p-1. The van der Waals surface area contributed by atoms with E-state index in [-0.39, 0.29) is 56.6 Å². The van der Waals surface area contributed by atoms with Crippen LogP contribution in [0.15, 0.2) is 12.1 Å². The topological polar surface area (TPSA) is 40.1 Å². The summed E-state index contributed by atoms with van der Waals surface area (Å²) in [6, 6.07) is 3.00. The molecule has 2 nitrogen and oxygen atoms in total. The molecule has 1 rings (SSSR count). The summed E-state index contributed by atoms with van der Waals surface area (Å²) >= 11 is 17.1. The summed E-state index contributed by atoms with van der Waals surface area (Å²) in [6.45, 7) is 0. The molecule has 0 saturated heterocycles. The number of carboxylic acid groups (broad SMARTS) is 1. The van der Waals surface area contributed by atoms with Crippen LogP contribution in [0, 0.1) is 0 Å². The van der Waals surface area contributed by atoms with Crippen molar-refractivity contribution >= 4 is 40.8 Å². The van der Waals surface area contributed by atoms with Crippen LogP contribution in [0.25, 0.3) is 0 Å². The van der Waals surface area contributed by atoms with Crippen molar-refractivity contribution in [2.75, 3.05) is 0 Å². The van der Waals surface area contributed by atoms with E-state index < -0.39 is 5.97 Å². The molecule has 0 unspecified atom stereocenters. The molecule has 1 aromatic rings. The van der Waals surface area contributed by atoms with Gasteiger partial charge in [0.1, 0.15) is 0 Å². The van der Waals surface area contributed by atoms with Crippen molar-refractivity contribution in [2.45, 2.75) is 6.42 Å². The Hall–Kier alpha value is 0.560. The van der Waals surface area contributed by atoms with Crippen LogP contribution in [0.3, 0.4) is 0 Å². The van der Waals surface area contributed by atoms with E-state index in [0.29, 0.717) is 0 Å². The Balaban J connectivity index is 0.00000169. The normalized spacial score (nSPS) is 9.36. The molecule has 0 spiro atoms. The molecule has 0 fully saturated rings. The second-order valence-electron chi connectivity index (χ2n) is 2.37. The van der Waals surface area contributed by atoms with Gasteiger partial charge in [-0.3, -0.25) is 0 Å². The first-order valence-corrected chi connectivity index (χ1v) is 4.48. The first-order valence-electron chi connectivity index (χ1n) is 3.34. The van der Waals surface area contributed by atoms with Crippen LogP contribution >= 0.6 is 34.8 Å². The fourth-order valence-electron chi connectivity index (χ4n) is 0.875. The summed E-state index contributed by atoms with van der Waals surface area (Å²) in [5.41, 5.74) is 0.288. The monoisotopic (exact) mass is 260 g/mol. The van der Waals surface area contributed by atoms with E-state index in [1.54, 1.807) is 0 Å². The smallest absolute Gasteiger partial charge is 0.550 e. The summed E-state index contributed by atoms with van der Waals surface area (Å²) < 4.78 is 0. The van der Waals surface area contributed by atoms with E-state index in [9.17, 15) is 9.90 Å². The van der Waals surface area contributed by atoms with E-state index >= 15 is 0 Å². The molecule has 0 aromatic heterocycles. The maximum Gasteiger partial charge on any atom is 1.00 e. The Morgan fingerprint density at radius 2 is 1.71 bits per heavy atom. The second kappa shape index (κ2) is 6.21. The van der Waals surface area contributed by atoms with Crippen molar-refractivity contribution in [3.05, 3.63) is 32.8 Å². The van der Waals surface area contributed by atoms with Crippen LogP contribution in [0.5, 0.6) is 0 Å². The zero-order valence-electron chi connectivity index (χ0n) is 7.31. The average molecular weight is 261 g/mol. The third-order valence-corrected chi connectivity index (χ3v) is 2.66. The zero-order valence-corrected chi connectivity index (χ0v) is 11.6. The van der Waals surface area contributed by atoms with Gasteiger partial charge in [0.15, 0.2) is 0 Å². The van der Waals surface area contributed by atoms with Gasteiger partial charge in [0, 0.05) is 17.4 Å². The van der Waals surface area contributed by atoms with E-state index in [0.717, 1.165) is 0 Å². The number of carbonyl (C=O) groups is 1. The van der Waals surface area contributed by atoms with Crippen molar-refractivity contribution in [1.82, 2.24) is 0 Å². The number of hydrogen-bond acceptors (Lipinski definition) is 2. The minimum absolute atomic E-state index is 0. The molecule has 70 valence electrons. The van der Waals surface area contributed by atoms with Crippen molar-refractivity contribution in [3.8, 4) is 0 Å². The van der Waals surface area contributed by atoms with Gasteiger partial charge < -0.3 is 9.90 Å². The Morgan fingerprint density at radius 1 is 1.21 bits per heavy atom. The molecule has 0 atom stereocenters. The van der Waals surface area contributed by atoms with Gasteiger partial charge in [0.05, 0.1) is 10.0 Å². The van der Waals surface area contributed by atoms with Crippen molar-refractivity contribution in [3.63, 3.8) is 0 Å². The van der Waals surface area contributed by atoms with Gasteiger partial charge in [0.2, 0.25) is 0 Å². The minimum Gasteiger partial charge on any atom is -0.550 e. The molecule has 0 aliphatic rings. The Kier molecular flexibility index (Phi) is 6.46. The summed E-state index contributed by atoms with van der Waals surface area (Å²) in [5, 5.41) is 11.0. The van der Waals surface area contributed by atoms with E-state index in [2.05, 4.69) is 0 Å². The molecule has 0 aliphatic carbocycles. The number of rotatable bonds is 2. The first-order chi connectivity index (χ1) is 6.02. The SMILES string of the molecule is O=C([O-])Cc1c(Cl)ccc(Cl)c1Cl.[Na+]. The molecule has 14 heavy (non-hydrogen) atoms. The van der Waals surface area contributed by atoms with E-state index in [1.165, 1.54) is 12.1 Å². The van der Waals surface area contributed by atoms with Crippen molar-refractivity contribution in [2.24, 2.45) is 0 Å². The van der Waals surface area contributed by atoms with Gasteiger partial charge in [-0.15, -0.1) is 0 Å². The Bertz CT molecular complexity index is 355. The second-order valence-corrected chi connectivity index (χ2v) is 3.56. The van der Waals surface area contributed by atoms with Crippen LogP contribution < -0.4 is 34.7 Å². The fraction of sp³-hybridized carbons (Fsp3) is 0.125. The van der Waals surface area contributed by atoms with Gasteiger partial charge in [0.25, 0.3) is 0 Å². The molecule has 1 aromatic carbocycles. The zero-order chi connectivity index (χ0) is 10.0. The Morgan fingerprint density at radius 3 is 2.21 bits per heavy atom. The van der Waals surface area contributed by atoms with Gasteiger partial charge in [-0.2, -0.15) is 0 Å². The molecule has 0 N–H and O–H groups in total. The number of benzene rings is 1. The Labute approximate surface area is 118 Å². The maximum absolute atomic E-state index is 10.3. The van der Waals surface area contributed by atoms with E-state index in [1.807, 2.05) is 0 Å². The summed E-state index contributed by atoms with van der Waals surface area (Å²) in [5.74, 6) is -1.24. The number of carbonyl (C=O) groups excluding carboxylic acids is 1. The number of hydrogen-bond donors (Lipinski definition) is 0. The molecule has 0 aliphatic heterocycles. The van der Waals surface area contributed by atoms with Gasteiger partial charge in [-0.1, -0.05) is 34.8 Å². The predicted molar refractivity (Wildman–Crippen MR) is 50.2 cm³/mol. The first kappa shape index (κ1) is 14.6. The summed E-state index contributed by atoms with van der Waals surface area (Å²) in [4.78, 5) is 10.3. The van der Waals surface area contributed by atoms with Crippen LogP contribution in [-0.4, -0.2) is 5.97 Å². The minimum atomic E-state index is -1.24. The predicted octanol–water partition coefficient (Wildman–Crippen LogP) is -1.06. The van der Waals surface area contributed by atoms with Crippen LogP contribution in [0.4, 0.5) is 0 Å². The summed E-state index contributed by atoms with van der Waals surface area (Å²) in [6.07, 6.45) is -0.335. The van der Waals surface area contributed by atoms with Gasteiger partial charge >= 0.3 is 29.6 Å². The molecule has 0 amide bonds. The molecule has 6 heteroatoms. The molecule has 0 saturated carbocycles. The summed E-state index contributed by atoms with van der Waals surface area (Å²) in [7, 11) is 0. The molecule has 0 radical (unpaired) electrons. The molecule has 0 heterocycles. The quantitative estimate of drug-likeness (QED) is 0.503. The maximum atomic E-state index is 10.3. The largest absolute Gasteiger partial charge is 1.00 e. The third-order valence-electron chi connectivity index (χ3n) is 1.46. The van der Waals surface area contributed by atoms with Crippen LogP contribution in [0.1, 0.15) is 5.56 Å². The number of carboxylic acids is 1. The van der Waals surface area contributed by atoms with Gasteiger partial charge in [-0.05, 0) is 17.7 Å².